The van der Waals surface area contributed by atoms with E-state index in [1.165, 1.54) is 4.46 Å². The standard InChI is InChI=1S/C18H28O2Se/c1-14(15(2)13-19)11-12-17(18(3,4)20-5)21-16-9-7-6-8-10-16/h6-10,14,17,19H,2,11-13H2,1,3-5H3/t14-,17?/m0/s1. The second kappa shape index (κ2) is 8.75. The van der Waals surface area contributed by atoms with Gasteiger partial charge in [-0.1, -0.05) is 0 Å². The van der Waals surface area contributed by atoms with Crippen molar-refractivity contribution in [3.05, 3.63) is 42.5 Å². The second-order valence-electron chi connectivity index (χ2n) is 6.02. The molecule has 0 spiro atoms. The molecule has 3 heteroatoms. The fourth-order valence-electron chi connectivity index (χ4n) is 2.10. The Kier molecular flexibility index (Phi) is 7.69. The number of ether oxygens (including phenoxy) is 1. The molecule has 1 rings (SSSR count). The van der Waals surface area contributed by atoms with Crippen LogP contribution in [-0.2, 0) is 4.74 Å². The van der Waals surface area contributed by atoms with Crippen LogP contribution in [0.4, 0.5) is 0 Å². The van der Waals surface area contributed by atoms with Gasteiger partial charge in [0.1, 0.15) is 0 Å². The fourth-order valence-corrected chi connectivity index (χ4v) is 4.78. The Labute approximate surface area is 135 Å². The summed E-state index contributed by atoms with van der Waals surface area (Å²) in [7, 11) is 1.80. The van der Waals surface area contributed by atoms with Crippen LogP contribution in [0.15, 0.2) is 42.5 Å². The van der Waals surface area contributed by atoms with Crippen LogP contribution in [0.5, 0.6) is 0 Å². The zero-order valence-electron chi connectivity index (χ0n) is 13.6. The summed E-state index contributed by atoms with van der Waals surface area (Å²) in [5, 5.41) is 9.19. The second-order valence-corrected chi connectivity index (χ2v) is 8.70. The third-order valence-electron chi connectivity index (χ3n) is 4.08. The van der Waals surface area contributed by atoms with Crippen molar-refractivity contribution in [2.24, 2.45) is 5.92 Å². The number of benzene rings is 1. The molecule has 0 bridgehead atoms. The summed E-state index contributed by atoms with van der Waals surface area (Å²) < 4.78 is 7.15. The van der Waals surface area contributed by atoms with Gasteiger partial charge in [0.2, 0.25) is 0 Å². The van der Waals surface area contributed by atoms with E-state index in [4.69, 9.17) is 4.74 Å². The Bertz CT molecular complexity index is 428. The first-order valence-electron chi connectivity index (χ1n) is 7.46. The van der Waals surface area contributed by atoms with Gasteiger partial charge in [0.15, 0.2) is 0 Å². The first kappa shape index (κ1) is 18.4. The first-order valence-corrected chi connectivity index (χ1v) is 9.30. The van der Waals surface area contributed by atoms with Crippen LogP contribution in [-0.4, -0.2) is 39.4 Å². The molecule has 0 saturated carbocycles. The van der Waals surface area contributed by atoms with Gasteiger partial charge < -0.3 is 0 Å². The molecule has 1 aromatic carbocycles. The zero-order chi connectivity index (χ0) is 15.9. The molecule has 0 amide bonds. The molecule has 2 nitrogen and oxygen atoms in total. The van der Waals surface area contributed by atoms with Gasteiger partial charge in [0, 0.05) is 0 Å². The maximum atomic E-state index is 9.19. The quantitative estimate of drug-likeness (QED) is 0.545. The predicted molar refractivity (Wildman–Crippen MR) is 91.3 cm³/mol. The Hall–Kier alpha value is -0.601. The van der Waals surface area contributed by atoms with Gasteiger partial charge in [-0.3, -0.25) is 0 Å². The summed E-state index contributed by atoms with van der Waals surface area (Å²) >= 11 is 0.376. The normalized spacial score (nSPS) is 14.7. The molecule has 2 atom stereocenters. The molecule has 1 aromatic rings. The van der Waals surface area contributed by atoms with Crippen molar-refractivity contribution in [1.82, 2.24) is 0 Å². The van der Waals surface area contributed by atoms with Crippen LogP contribution < -0.4 is 4.46 Å². The van der Waals surface area contributed by atoms with Crippen molar-refractivity contribution >= 4 is 19.4 Å². The molecule has 0 aromatic heterocycles. The van der Waals surface area contributed by atoms with Gasteiger partial charge in [-0.25, -0.2) is 0 Å². The van der Waals surface area contributed by atoms with Crippen molar-refractivity contribution in [3.63, 3.8) is 0 Å². The van der Waals surface area contributed by atoms with Gasteiger partial charge in [-0.15, -0.1) is 0 Å². The summed E-state index contributed by atoms with van der Waals surface area (Å²) in [6, 6.07) is 10.7. The number of aliphatic hydroxyl groups is 1. The van der Waals surface area contributed by atoms with Gasteiger partial charge in [-0.05, 0) is 0 Å². The third kappa shape index (κ3) is 5.96. The molecule has 1 N–H and O–H groups in total. The molecule has 1 unspecified atom stereocenters. The zero-order valence-corrected chi connectivity index (χ0v) is 15.3. The SMILES string of the molecule is C=C(CO)[C@@H](C)CCC([Se]c1ccccc1)C(C)(C)OC. The van der Waals surface area contributed by atoms with E-state index in [1.54, 1.807) is 7.11 Å². The summed E-state index contributed by atoms with van der Waals surface area (Å²) in [5.74, 6) is 0.358. The van der Waals surface area contributed by atoms with E-state index in [-0.39, 0.29) is 12.2 Å². The van der Waals surface area contributed by atoms with Crippen molar-refractivity contribution in [3.8, 4) is 0 Å². The molecule has 21 heavy (non-hydrogen) atoms. The number of aliphatic hydroxyl groups excluding tert-OH is 1. The topological polar surface area (TPSA) is 29.5 Å². The molecule has 118 valence electrons. The van der Waals surface area contributed by atoms with Crippen molar-refractivity contribution < 1.29 is 9.84 Å². The number of hydrogen-bond acceptors (Lipinski definition) is 2. The van der Waals surface area contributed by atoms with Gasteiger partial charge in [0.05, 0.1) is 0 Å². The molecule has 0 aliphatic carbocycles. The summed E-state index contributed by atoms with van der Waals surface area (Å²) in [4.78, 5) is 0.506. The van der Waals surface area contributed by atoms with E-state index in [0.717, 1.165) is 18.4 Å². The Morgan fingerprint density at radius 3 is 2.43 bits per heavy atom. The molecular formula is C18H28O2Se. The van der Waals surface area contributed by atoms with E-state index >= 15 is 0 Å². The Morgan fingerprint density at radius 2 is 1.90 bits per heavy atom. The molecule has 0 aliphatic heterocycles. The van der Waals surface area contributed by atoms with Gasteiger partial charge >= 0.3 is 135 Å². The predicted octanol–water partition coefficient (Wildman–Crippen LogP) is 3.19. The van der Waals surface area contributed by atoms with Gasteiger partial charge in [-0.2, -0.15) is 0 Å². The van der Waals surface area contributed by atoms with Crippen LogP contribution in [0.1, 0.15) is 33.6 Å². The average Bonchev–Trinajstić information content (AvgIpc) is 2.50. The monoisotopic (exact) mass is 356 g/mol. The van der Waals surface area contributed by atoms with Crippen LogP contribution in [0, 0.1) is 5.92 Å². The number of methoxy groups -OCH3 is 1. The van der Waals surface area contributed by atoms with Crippen molar-refractivity contribution in [1.29, 1.82) is 0 Å². The summed E-state index contributed by atoms with van der Waals surface area (Å²) in [6.45, 7) is 10.5. The summed E-state index contributed by atoms with van der Waals surface area (Å²) in [5.41, 5.74) is 0.798. The van der Waals surface area contributed by atoms with Crippen LogP contribution in [0.25, 0.3) is 0 Å². The van der Waals surface area contributed by atoms with Crippen LogP contribution in [0.3, 0.4) is 0 Å². The number of rotatable bonds is 9. The van der Waals surface area contributed by atoms with Crippen molar-refractivity contribution in [2.45, 2.75) is 44.0 Å². The average molecular weight is 355 g/mol. The summed E-state index contributed by atoms with van der Waals surface area (Å²) in [6.07, 6.45) is 2.14. The molecule has 0 radical (unpaired) electrons. The maximum absolute atomic E-state index is 9.19. The van der Waals surface area contributed by atoms with E-state index in [0.29, 0.717) is 25.7 Å². The van der Waals surface area contributed by atoms with Crippen molar-refractivity contribution in [2.75, 3.05) is 13.7 Å². The first-order chi connectivity index (χ1) is 9.90. The molecule has 0 aliphatic rings. The van der Waals surface area contributed by atoms with E-state index in [9.17, 15) is 5.11 Å². The minimum absolute atomic E-state index is 0.0866. The molecule has 0 saturated heterocycles. The fraction of sp³-hybridized carbons (Fsp3) is 0.556. The molecular weight excluding hydrogens is 327 g/mol. The Morgan fingerprint density at radius 1 is 1.29 bits per heavy atom. The van der Waals surface area contributed by atoms with E-state index in [2.05, 4.69) is 57.7 Å². The van der Waals surface area contributed by atoms with Gasteiger partial charge in [0.25, 0.3) is 0 Å². The van der Waals surface area contributed by atoms with E-state index < -0.39 is 0 Å². The van der Waals surface area contributed by atoms with E-state index in [1.807, 2.05) is 0 Å². The molecule has 0 heterocycles. The number of hydrogen-bond donors (Lipinski definition) is 1. The Balaban J connectivity index is 2.72. The van der Waals surface area contributed by atoms with Crippen LogP contribution >= 0.6 is 0 Å². The minimum atomic E-state index is -0.129. The third-order valence-corrected chi connectivity index (χ3v) is 7.51. The van der Waals surface area contributed by atoms with Crippen LogP contribution in [0.2, 0.25) is 4.82 Å². The molecule has 0 fully saturated rings.